The lowest BCUT2D eigenvalue weighted by atomic mass is 9.82. The molecule has 2 rings (SSSR count). The first-order valence-electron chi connectivity index (χ1n) is 9.74. The molecule has 0 saturated heterocycles. The molecule has 152 valence electrons. The van der Waals surface area contributed by atoms with Gasteiger partial charge in [-0.1, -0.05) is 25.8 Å². The van der Waals surface area contributed by atoms with Crippen LogP contribution in [-0.2, 0) is 22.1 Å². The van der Waals surface area contributed by atoms with Crippen LogP contribution < -0.4 is 10.6 Å². The van der Waals surface area contributed by atoms with Crippen LogP contribution in [0.5, 0.6) is 0 Å². The van der Waals surface area contributed by atoms with Crippen molar-refractivity contribution >= 4 is 15.8 Å². The van der Waals surface area contributed by atoms with Crippen LogP contribution in [0.15, 0.2) is 23.2 Å². The monoisotopic (exact) mass is 397 g/mol. The van der Waals surface area contributed by atoms with Crippen molar-refractivity contribution in [1.29, 1.82) is 0 Å². The van der Waals surface area contributed by atoms with Gasteiger partial charge in [-0.3, -0.25) is 0 Å². The van der Waals surface area contributed by atoms with Gasteiger partial charge < -0.3 is 10.6 Å². The Morgan fingerprint density at radius 1 is 1.26 bits per heavy atom. The number of hydrogen-bond acceptors (Lipinski definition) is 3. The zero-order valence-corrected chi connectivity index (χ0v) is 17.4. The number of nitrogens with one attached hydrogen (secondary N) is 2. The zero-order chi connectivity index (χ0) is 19.9. The van der Waals surface area contributed by atoms with Gasteiger partial charge in [0.05, 0.1) is 12.3 Å². The van der Waals surface area contributed by atoms with Crippen LogP contribution >= 0.6 is 0 Å². The van der Waals surface area contributed by atoms with Gasteiger partial charge in [-0.05, 0) is 54.9 Å². The fourth-order valence-corrected chi connectivity index (χ4v) is 4.50. The van der Waals surface area contributed by atoms with Gasteiger partial charge in [0.2, 0.25) is 0 Å². The number of sulfone groups is 1. The lowest BCUT2D eigenvalue weighted by Gasteiger charge is -2.27. The SMILES string of the molecule is CCNC(=NCc1cc(F)ccc1CS(C)(=O)=O)NCC1CCCC(C)C1. The molecule has 2 N–H and O–H groups in total. The summed E-state index contributed by atoms with van der Waals surface area (Å²) in [5.41, 5.74) is 1.20. The minimum atomic E-state index is -3.19. The second-order valence-corrected chi connectivity index (χ2v) is 9.84. The van der Waals surface area contributed by atoms with E-state index in [1.807, 2.05) is 6.92 Å². The molecule has 27 heavy (non-hydrogen) atoms. The predicted molar refractivity (Wildman–Crippen MR) is 109 cm³/mol. The predicted octanol–water partition coefficient (Wildman–Crippen LogP) is 3.25. The van der Waals surface area contributed by atoms with E-state index in [4.69, 9.17) is 0 Å². The van der Waals surface area contributed by atoms with Crippen molar-refractivity contribution in [2.24, 2.45) is 16.8 Å². The number of nitrogens with zero attached hydrogens (tertiary/aromatic N) is 1. The Kier molecular flexibility index (Phi) is 8.07. The van der Waals surface area contributed by atoms with E-state index in [0.717, 1.165) is 19.0 Å². The maximum Gasteiger partial charge on any atom is 0.191 e. The largest absolute Gasteiger partial charge is 0.357 e. The van der Waals surface area contributed by atoms with Crippen molar-refractivity contribution in [3.05, 3.63) is 35.1 Å². The molecule has 5 nitrogen and oxygen atoms in total. The average Bonchev–Trinajstić information content (AvgIpc) is 2.58. The fraction of sp³-hybridized carbons (Fsp3) is 0.650. The molecule has 1 saturated carbocycles. The Labute approximate surface area is 162 Å². The number of aliphatic imine (C=N–C) groups is 1. The summed E-state index contributed by atoms with van der Waals surface area (Å²) in [5, 5.41) is 6.60. The Balaban J connectivity index is 2.06. The molecular formula is C20H32FN3O2S. The smallest absolute Gasteiger partial charge is 0.191 e. The summed E-state index contributed by atoms with van der Waals surface area (Å²) >= 11 is 0. The van der Waals surface area contributed by atoms with Gasteiger partial charge in [0, 0.05) is 19.3 Å². The van der Waals surface area contributed by atoms with Gasteiger partial charge in [-0.25, -0.2) is 17.8 Å². The van der Waals surface area contributed by atoms with Gasteiger partial charge in [-0.15, -0.1) is 0 Å². The molecule has 0 aromatic heterocycles. The first kappa shape index (κ1) is 21.7. The van der Waals surface area contributed by atoms with E-state index in [-0.39, 0.29) is 18.1 Å². The van der Waals surface area contributed by atoms with Crippen LogP contribution in [-0.4, -0.2) is 33.7 Å². The van der Waals surface area contributed by atoms with Gasteiger partial charge in [-0.2, -0.15) is 0 Å². The average molecular weight is 398 g/mol. The van der Waals surface area contributed by atoms with Crippen LogP contribution in [0.2, 0.25) is 0 Å². The second kappa shape index (κ2) is 10.1. The van der Waals surface area contributed by atoms with E-state index in [9.17, 15) is 12.8 Å². The number of hydrogen-bond donors (Lipinski definition) is 2. The van der Waals surface area contributed by atoms with Gasteiger partial charge >= 0.3 is 0 Å². The molecule has 1 fully saturated rings. The topological polar surface area (TPSA) is 70.6 Å². The Hall–Kier alpha value is -1.63. The molecule has 0 spiro atoms. The summed E-state index contributed by atoms with van der Waals surface area (Å²) in [5.74, 6) is 1.61. The summed E-state index contributed by atoms with van der Waals surface area (Å²) in [6.45, 7) is 6.14. The molecule has 0 heterocycles. The molecular weight excluding hydrogens is 365 g/mol. The minimum Gasteiger partial charge on any atom is -0.357 e. The van der Waals surface area contributed by atoms with Crippen LogP contribution in [0.1, 0.15) is 50.7 Å². The van der Waals surface area contributed by atoms with Crippen molar-refractivity contribution < 1.29 is 12.8 Å². The maximum absolute atomic E-state index is 13.7. The number of guanidine groups is 1. The fourth-order valence-electron chi connectivity index (χ4n) is 3.66. The lowest BCUT2D eigenvalue weighted by molar-refractivity contribution is 0.282. The van der Waals surface area contributed by atoms with Crippen molar-refractivity contribution in [1.82, 2.24) is 10.6 Å². The summed E-state index contributed by atoms with van der Waals surface area (Å²) in [4.78, 5) is 4.55. The van der Waals surface area contributed by atoms with Crippen molar-refractivity contribution in [2.75, 3.05) is 19.3 Å². The number of halogens is 1. The second-order valence-electron chi connectivity index (χ2n) is 7.70. The molecule has 1 aromatic carbocycles. The highest BCUT2D eigenvalue weighted by Gasteiger charge is 2.19. The van der Waals surface area contributed by atoms with E-state index in [0.29, 0.717) is 23.0 Å². The Morgan fingerprint density at radius 2 is 2.04 bits per heavy atom. The van der Waals surface area contributed by atoms with Crippen LogP contribution in [0.4, 0.5) is 4.39 Å². The summed E-state index contributed by atoms with van der Waals surface area (Å²) in [7, 11) is -3.19. The summed E-state index contributed by atoms with van der Waals surface area (Å²) in [6, 6.07) is 4.20. The third-order valence-electron chi connectivity index (χ3n) is 4.94. The van der Waals surface area contributed by atoms with Crippen molar-refractivity contribution in [3.8, 4) is 0 Å². The van der Waals surface area contributed by atoms with Crippen LogP contribution in [0.25, 0.3) is 0 Å². The molecule has 1 aliphatic rings. The summed E-state index contributed by atoms with van der Waals surface area (Å²) < 4.78 is 36.9. The normalized spacial score (nSPS) is 21.1. The van der Waals surface area contributed by atoms with Crippen molar-refractivity contribution in [2.45, 2.75) is 51.8 Å². The van der Waals surface area contributed by atoms with E-state index < -0.39 is 9.84 Å². The lowest BCUT2D eigenvalue weighted by Crippen LogP contribution is -2.40. The highest BCUT2D eigenvalue weighted by molar-refractivity contribution is 7.89. The third kappa shape index (κ3) is 7.87. The number of benzene rings is 1. The van der Waals surface area contributed by atoms with E-state index >= 15 is 0 Å². The van der Waals surface area contributed by atoms with Crippen molar-refractivity contribution in [3.63, 3.8) is 0 Å². The van der Waals surface area contributed by atoms with E-state index in [1.165, 1.54) is 50.1 Å². The molecule has 2 atom stereocenters. The first-order valence-corrected chi connectivity index (χ1v) is 11.8. The molecule has 0 amide bonds. The summed E-state index contributed by atoms with van der Waals surface area (Å²) in [6.07, 6.45) is 6.24. The van der Waals surface area contributed by atoms with Crippen LogP contribution in [0, 0.1) is 17.7 Å². The van der Waals surface area contributed by atoms with Crippen LogP contribution in [0.3, 0.4) is 0 Å². The Bertz CT molecular complexity index is 750. The highest BCUT2D eigenvalue weighted by atomic mass is 32.2. The van der Waals surface area contributed by atoms with Gasteiger partial charge in [0.25, 0.3) is 0 Å². The van der Waals surface area contributed by atoms with E-state index in [2.05, 4.69) is 22.5 Å². The molecule has 2 unspecified atom stereocenters. The third-order valence-corrected chi connectivity index (χ3v) is 5.78. The maximum atomic E-state index is 13.7. The zero-order valence-electron chi connectivity index (χ0n) is 16.6. The molecule has 0 aliphatic heterocycles. The molecule has 1 aliphatic carbocycles. The molecule has 0 bridgehead atoms. The first-order chi connectivity index (χ1) is 12.8. The quantitative estimate of drug-likeness (QED) is 0.547. The van der Waals surface area contributed by atoms with Gasteiger partial charge in [0.1, 0.15) is 5.82 Å². The molecule has 1 aromatic rings. The molecule has 0 radical (unpaired) electrons. The number of rotatable bonds is 7. The van der Waals surface area contributed by atoms with E-state index in [1.54, 1.807) is 0 Å². The highest BCUT2D eigenvalue weighted by Crippen LogP contribution is 2.27. The minimum absolute atomic E-state index is 0.109. The van der Waals surface area contributed by atoms with Gasteiger partial charge in [0.15, 0.2) is 15.8 Å². The standard InChI is InChI=1S/C20H32FN3O2S/c1-4-22-20(23-12-16-7-5-6-15(2)10-16)24-13-18-11-19(21)9-8-17(18)14-27(3,25)26/h8-9,11,15-16H,4-7,10,12-14H2,1-3H3,(H2,22,23,24). The Morgan fingerprint density at radius 3 is 2.70 bits per heavy atom. The molecule has 7 heteroatoms.